The maximum absolute atomic E-state index is 12.9. The molecule has 0 saturated carbocycles. The molecule has 1 aromatic carbocycles. The lowest BCUT2D eigenvalue weighted by molar-refractivity contribution is 0.0759. The third-order valence-corrected chi connectivity index (χ3v) is 5.54. The molecule has 1 amide bonds. The number of hydrogen-bond donors (Lipinski definition) is 2. The third-order valence-electron chi connectivity index (χ3n) is 4.45. The molecule has 142 valence electrons. The van der Waals surface area contributed by atoms with Crippen LogP contribution in [-0.2, 0) is 10.2 Å². The summed E-state index contributed by atoms with van der Waals surface area (Å²) < 4.78 is 34.8. The van der Waals surface area contributed by atoms with Crippen LogP contribution in [0.2, 0.25) is 0 Å². The number of carbonyl (C=O) groups excluding carboxylic acids is 1. The number of rotatable bonds is 4. The lowest BCUT2D eigenvalue weighted by Crippen LogP contribution is -2.40. The molecule has 1 fully saturated rings. The number of methoxy groups -OCH3 is 2. The van der Waals surface area contributed by atoms with Crippen LogP contribution in [0.15, 0.2) is 18.2 Å². The summed E-state index contributed by atoms with van der Waals surface area (Å²) in [6, 6.07) is 5.30. The predicted molar refractivity (Wildman–Crippen MR) is 96.6 cm³/mol. The summed E-state index contributed by atoms with van der Waals surface area (Å²) in [4.78, 5) is 17.6. The molecule has 1 aliphatic heterocycles. The highest BCUT2D eigenvalue weighted by atomic mass is 32.2. The summed E-state index contributed by atoms with van der Waals surface area (Å²) >= 11 is 0. The monoisotopic (exact) mass is 382 g/mol. The number of ether oxygens (including phenoxy) is 2. The molecule has 1 aromatic heterocycles. The predicted octanol–water partition coefficient (Wildman–Crippen LogP) is 0.537. The summed E-state index contributed by atoms with van der Waals surface area (Å²) in [6.45, 7) is 1.23. The van der Waals surface area contributed by atoms with Crippen molar-refractivity contribution >= 4 is 27.0 Å². The van der Waals surface area contributed by atoms with Gasteiger partial charge in [0.1, 0.15) is 17.2 Å². The van der Waals surface area contributed by atoms with Gasteiger partial charge < -0.3 is 19.4 Å². The summed E-state index contributed by atoms with van der Waals surface area (Å²) in [5.41, 5.74) is 1.12. The van der Waals surface area contributed by atoms with Crippen LogP contribution >= 0.6 is 0 Å². The van der Waals surface area contributed by atoms with Gasteiger partial charge in [-0.1, -0.05) is 0 Å². The highest BCUT2D eigenvalue weighted by molar-refractivity contribution is 7.86. The topological polar surface area (TPSA) is 118 Å². The minimum atomic E-state index is -3.74. The second-order valence-corrected chi connectivity index (χ2v) is 7.61. The first-order valence-corrected chi connectivity index (χ1v) is 9.65. The SMILES string of the molecule is COc1cc(OC)c2[nH]c(C(=O)N3CCCN(S(N)(=O)=O)CC3)cc2c1. The van der Waals surface area contributed by atoms with Crippen LogP contribution in [-0.4, -0.2) is 68.9 Å². The van der Waals surface area contributed by atoms with Gasteiger partial charge in [-0.15, -0.1) is 0 Å². The number of H-pyrrole nitrogens is 1. The Bertz CT molecular complexity index is 924. The van der Waals surface area contributed by atoms with Crippen LogP contribution in [0.4, 0.5) is 0 Å². The van der Waals surface area contributed by atoms with Crippen molar-refractivity contribution in [1.29, 1.82) is 0 Å². The van der Waals surface area contributed by atoms with Gasteiger partial charge in [-0.2, -0.15) is 12.7 Å². The number of nitrogens with zero attached hydrogens (tertiary/aromatic N) is 2. The molecule has 2 heterocycles. The smallest absolute Gasteiger partial charge is 0.276 e. The van der Waals surface area contributed by atoms with Crippen LogP contribution in [0.3, 0.4) is 0 Å². The minimum absolute atomic E-state index is 0.182. The Morgan fingerprint density at radius 1 is 1.12 bits per heavy atom. The molecule has 0 spiro atoms. The molecule has 3 rings (SSSR count). The maximum atomic E-state index is 12.9. The van der Waals surface area contributed by atoms with Crippen molar-refractivity contribution in [3.05, 3.63) is 23.9 Å². The lowest BCUT2D eigenvalue weighted by atomic mass is 10.2. The zero-order valence-electron chi connectivity index (χ0n) is 14.7. The van der Waals surface area contributed by atoms with E-state index >= 15 is 0 Å². The second kappa shape index (κ2) is 7.14. The first-order chi connectivity index (χ1) is 12.3. The Kier molecular flexibility index (Phi) is 5.08. The zero-order valence-corrected chi connectivity index (χ0v) is 15.5. The molecular weight excluding hydrogens is 360 g/mol. The standard InChI is InChI=1S/C16H22N4O5S/c1-24-12-8-11-9-13(18-15(11)14(10-12)25-2)16(21)19-4-3-5-20(7-6-19)26(17,22)23/h8-10,18H,3-7H2,1-2H3,(H2,17,22,23). The van der Waals surface area contributed by atoms with E-state index in [1.165, 1.54) is 4.31 Å². The second-order valence-electron chi connectivity index (χ2n) is 6.07. The van der Waals surface area contributed by atoms with Crippen molar-refractivity contribution in [1.82, 2.24) is 14.2 Å². The molecule has 3 N–H and O–H groups in total. The number of nitrogens with one attached hydrogen (secondary N) is 1. The molecule has 9 nitrogen and oxygen atoms in total. The van der Waals surface area contributed by atoms with E-state index in [0.29, 0.717) is 42.2 Å². The van der Waals surface area contributed by atoms with Gasteiger partial charge in [0, 0.05) is 37.6 Å². The fraction of sp³-hybridized carbons (Fsp3) is 0.438. The van der Waals surface area contributed by atoms with Gasteiger partial charge in [-0.25, -0.2) is 5.14 Å². The molecule has 0 unspecified atom stereocenters. The number of benzene rings is 1. The number of carbonyl (C=O) groups is 1. The van der Waals surface area contributed by atoms with Crippen LogP contribution in [0.5, 0.6) is 11.5 Å². The third kappa shape index (κ3) is 3.62. The van der Waals surface area contributed by atoms with Crippen molar-refractivity contribution in [3.63, 3.8) is 0 Å². The molecule has 10 heteroatoms. The summed E-state index contributed by atoms with van der Waals surface area (Å²) in [5.74, 6) is 1.01. The highest BCUT2D eigenvalue weighted by Gasteiger charge is 2.26. The van der Waals surface area contributed by atoms with Crippen molar-refractivity contribution in [2.24, 2.45) is 5.14 Å². The van der Waals surface area contributed by atoms with E-state index in [-0.39, 0.29) is 19.0 Å². The van der Waals surface area contributed by atoms with Gasteiger partial charge in [0.15, 0.2) is 0 Å². The first-order valence-electron chi connectivity index (χ1n) is 8.15. The van der Waals surface area contributed by atoms with E-state index in [1.54, 1.807) is 31.3 Å². The van der Waals surface area contributed by atoms with Crippen LogP contribution in [0.1, 0.15) is 16.9 Å². The van der Waals surface area contributed by atoms with Gasteiger partial charge in [0.25, 0.3) is 16.1 Å². The summed E-state index contributed by atoms with van der Waals surface area (Å²) in [6.07, 6.45) is 0.527. The first kappa shape index (κ1) is 18.5. The van der Waals surface area contributed by atoms with E-state index < -0.39 is 10.2 Å². The Balaban J connectivity index is 1.86. The number of nitrogens with two attached hydrogens (primary N) is 1. The van der Waals surface area contributed by atoms with E-state index in [4.69, 9.17) is 14.6 Å². The molecule has 0 aliphatic carbocycles. The molecule has 1 aliphatic rings. The van der Waals surface area contributed by atoms with Crippen LogP contribution in [0.25, 0.3) is 10.9 Å². The van der Waals surface area contributed by atoms with Crippen LogP contribution in [0, 0.1) is 0 Å². The normalized spacial score (nSPS) is 16.5. The molecule has 26 heavy (non-hydrogen) atoms. The number of aromatic nitrogens is 1. The fourth-order valence-electron chi connectivity index (χ4n) is 3.10. The lowest BCUT2D eigenvalue weighted by Gasteiger charge is -2.20. The summed E-state index contributed by atoms with van der Waals surface area (Å²) in [5, 5.41) is 5.98. The van der Waals surface area contributed by atoms with Crippen molar-refractivity contribution in [3.8, 4) is 11.5 Å². The van der Waals surface area contributed by atoms with Gasteiger partial charge in [-0.05, 0) is 18.6 Å². The van der Waals surface area contributed by atoms with Crippen molar-refractivity contribution in [2.75, 3.05) is 40.4 Å². The minimum Gasteiger partial charge on any atom is -0.497 e. The quantitative estimate of drug-likeness (QED) is 0.800. The molecule has 0 bridgehead atoms. The zero-order chi connectivity index (χ0) is 18.9. The molecule has 0 atom stereocenters. The largest absolute Gasteiger partial charge is 0.497 e. The number of fused-ring (bicyclic) bond motifs is 1. The molecular formula is C16H22N4O5S. The van der Waals surface area contributed by atoms with Gasteiger partial charge in [-0.3, -0.25) is 4.79 Å². The van der Waals surface area contributed by atoms with Crippen molar-refractivity contribution in [2.45, 2.75) is 6.42 Å². The molecule has 1 saturated heterocycles. The fourth-order valence-corrected chi connectivity index (χ4v) is 3.82. The highest BCUT2D eigenvalue weighted by Crippen LogP contribution is 2.31. The Hall–Kier alpha value is -2.30. The van der Waals surface area contributed by atoms with Gasteiger partial charge in [0.2, 0.25) is 0 Å². The number of amides is 1. The van der Waals surface area contributed by atoms with E-state index in [0.717, 1.165) is 5.39 Å². The Morgan fingerprint density at radius 3 is 2.54 bits per heavy atom. The average Bonchev–Trinajstić information content (AvgIpc) is 2.87. The Labute approximate surface area is 151 Å². The molecule has 2 aromatic rings. The van der Waals surface area contributed by atoms with Crippen LogP contribution < -0.4 is 14.6 Å². The number of hydrogen-bond acceptors (Lipinski definition) is 5. The van der Waals surface area contributed by atoms with Gasteiger partial charge in [0.05, 0.1) is 19.7 Å². The van der Waals surface area contributed by atoms with E-state index in [1.807, 2.05) is 6.07 Å². The maximum Gasteiger partial charge on any atom is 0.276 e. The molecule has 0 radical (unpaired) electrons. The van der Waals surface area contributed by atoms with Gasteiger partial charge >= 0.3 is 0 Å². The Morgan fingerprint density at radius 2 is 1.88 bits per heavy atom. The van der Waals surface area contributed by atoms with E-state index in [2.05, 4.69) is 4.98 Å². The van der Waals surface area contributed by atoms with Crippen molar-refractivity contribution < 1.29 is 22.7 Å². The average molecular weight is 382 g/mol. The van der Waals surface area contributed by atoms with E-state index in [9.17, 15) is 13.2 Å². The summed E-state index contributed by atoms with van der Waals surface area (Å²) in [7, 11) is -0.631. The number of aromatic amines is 1.